The van der Waals surface area contributed by atoms with Gasteiger partial charge in [-0.3, -0.25) is 4.90 Å². The molecule has 3 rings (SSSR count). The van der Waals surface area contributed by atoms with Crippen LogP contribution in [0.3, 0.4) is 0 Å². The Morgan fingerprint density at radius 1 is 1.12 bits per heavy atom. The Kier molecular flexibility index (Phi) is 6.15. The van der Waals surface area contributed by atoms with Crippen LogP contribution >= 0.6 is 0 Å². The number of hydrogen-bond donors (Lipinski definition) is 1. The van der Waals surface area contributed by atoms with Crippen LogP contribution in [0.4, 0.5) is 4.39 Å². The van der Waals surface area contributed by atoms with E-state index in [4.69, 9.17) is 0 Å². The summed E-state index contributed by atoms with van der Waals surface area (Å²) in [7, 11) is 0. The monoisotopic (exact) mass is 353 g/mol. The van der Waals surface area contributed by atoms with Gasteiger partial charge in [0.25, 0.3) is 0 Å². The number of hydrogen-bond acceptors (Lipinski definition) is 3. The van der Waals surface area contributed by atoms with Gasteiger partial charge in [-0.1, -0.05) is 29.8 Å². The van der Waals surface area contributed by atoms with Crippen LogP contribution in [-0.2, 0) is 13.1 Å². The van der Waals surface area contributed by atoms with Crippen LogP contribution in [0.25, 0.3) is 5.69 Å². The van der Waals surface area contributed by atoms with E-state index in [9.17, 15) is 9.50 Å². The second-order valence-electron chi connectivity index (χ2n) is 6.50. The molecule has 4 nitrogen and oxygen atoms in total. The molecular formula is C21H24FN3O. The fourth-order valence-electron chi connectivity index (χ4n) is 3.07. The van der Waals surface area contributed by atoms with Gasteiger partial charge in [-0.25, -0.2) is 9.07 Å². The maximum Gasteiger partial charge on any atom is 0.123 e. The van der Waals surface area contributed by atoms with E-state index in [-0.39, 0.29) is 12.4 Å². The second kappa shape index (κ2) is 8.74. The van der Waals surface area contributed by atoms with E-state index in [0.29, 0.717) is 13.0 Å². The minimum Gasteiger partial charge on any atom is -0.396 e. The Labute approximate surface area is 153 Å². The molecule has 26 heavy (non-hydrogen) atoms. The molecule has 0 spiro atoms. The van der Waals surface area contributed by atoms with E-state index in [1.807, 2.05) is 29.1 Å². The molecule has 0 fully saturated rings. The third-order valence-electron chi connectivity index (χ3n) is 4.33. The van der Waals surface area contributed by atoms with Crippen molar-refractivity contribution in [2.24, 2.45) is 0 Å². The molecule has 0 unspecified atom stereocenters. The van der Waals surface area contributed by atoms with Crippen LogP contribution in [0.2, 0.25) is 0 Å². The molecule has 0 bridgehead atoms. The molecule has 1 N–H and O–H groups in total. The molecule has 3 aromatic rings. The summed E-state index contributed by atoms with van der Waals surface area (Å²) in [6, 6.07) is 14.8. The Morgan fingerprint density at radius 3 is 2.62 bits per heavy atom. The van der Waals surface area contributed by atoms with Crippen molar-refractivity contribution in [1.29, 1.82) is 0 Å². The largest absolute Gasteiger partial charge is 0.396 e. The molecule has 0 atom stereocenters. The molecule has 0 aliphatic heterocycles. The average molecular weight is 353 g/mol. The third kappa shape index (κ3) is 4.77. The van der Waals surface area contributed by atoms with Gasteiger partial charge in [-0.05, 0) is 48.7 Å². The summed E-state index contributed by atoms with van der Waals surface area (Å²) >= 11 is 0. The standard InChI is InChI=1S/C21H24FN3O/c1-17-4-9-21(25-12-2-10-23-25)19(14-17)16-24(11-3-13-26)15-18-5-7-20(22)8-6-18/h2,4-10,12,14,26H,3,11,13,15-16H2,1H3. The highest BCUT2D eigenvalue weighted by Gasteiger charge is 2.12. The van der Waals surface area contributed by atoms with Gasteiger partial charge in [0.05, 0.1) is 5.69 Å². The number of benzene rings is 2. The zero-order valence-electron chi connectivity index (χ0n) is 15.0. The zero-order valence-corrected chi connectivity index (χ0v) is 15.0. The fraction of sp³-hybridized carbons (Fsp3) is 0.286. The van der Waals surface area contributed by atoms with Crippen LogP contribution in [0.15, 0.2) is 60.9 Å². The lowest BCUT2D eigenvalue weighted by atomic mass is 10.1. The predicted octanol–water partition coefficient (Wildman–Crippen LogP) is 3.70. The number of rotatable bonds is 8. The lowest BCUT2D eigenvalue weighted by molar-refractivity contribution is 0.212. The normalized spacial score (nSPS) is 11.2. The minimum atomic E-state index is -0.227. The van der Waals surface area contributed by atoms with Gasteiger partial charge in [0.2, 0.25) is 0 Å². The number of aryl methyl sites for hydroxylation is 1. The van der Waals surface area contributed by atoms with Crippen LogP contribution in [0.1, 0.15) is 23.1 Å². The quantitative estimate of drug-likeness (QED) is 0.671. The van der Waals surface area contributed by atoms with E-state index in [0.717, 1.165) is 24.3 Å². The number of nitrogens with zero attached hydrogens (tertiary/aromatic N) is 3. The first-order valence-corrected chi connectivity index (χ1v) is 8.83. The SMILES string of the molecule is Cc1ccc(-n2cccn2)c(CN(CCCO)Cc2ccc(F)cc2)c1. The second-order valence-corrected chi connectivity index (χ2v) is 6.50. The lowest BCUT2D eigenvalue weighted by Gasteiger charge is -2.24. The summed E-state index contributed by atoms with van der Waals surface area (Å²) in [5, 5.41) is 13.6. The molecule has 0 saturated carbocycles. The smallest absolute Gasteiger partial charge is 0.123 e. The van der Waals surface area contributed by atoms with Gasteiger partial charge >= 0.3 is 0 Å². The van der Waals surface area contributed by atoms with Crippen molar-refractivity contribution in [2.45, 2.75) is 26.4 Å². The van der Waals surface area contributed by atoms with Crippen molar-refractivity contribution >= 4 is 0 Å². The predicted molar refractivity (Wildman–Crippen MR) is 101 cm³/mol. The van der Waals surface area contributed by atoms with Crippen LogP contribution in [0, 0.1) is 12.7 Å². The van der Waals surface area contributed by atoms with Gasteiger partial charge < -0.3 is 5.11 Å². The molecule has 1 aromatic heterocycles. The Hall–Kier alpha value is -2.50. The van der Waals surface area contributed by atoms with E-state index in [1.165, 1.54) is 23.3 Å². The Balaban J connectivity index is 1.84. The van der Waals surface area contributed by atoms with Crippen molar-refractivity contribution in [1.82, 2.24) is 14.7 Å². The van der Waals surface area contributed by atoms with Crippen LogP contribution < -0.4 is 0 Å². The third-order valence-corrected chi connectivity index (χ3v) is 4.33. The van der Waals surface area contributed by atoms with Crippen molar-refractivity contribution in [2.75, 3.05) is 13.2 Å². The molecule has 1 heterocycles. The van der Waals surface area contributed by atoms with Crippen molar-refractivity contribution in [3.8, 4) is 5.69 Å². The van der Waals surface area contributed by atoms with E-state index in [1.54, 1.807) is 6.20 Å². The first-order valence-electron chi connectivity index (χ1n) is 8.83. The fourth-order valence-corrected chi connectivity index (χ4v) is 3.07. The van der Waals surface area contributed by atoms with Crippen molar-refractivity contribution in [3.63, 3.8) is 0 Å². The summed E-state index contributed by atoms with van der Waals surface area (Å²) in [6.45, 7) is 4.43. The van der Waals surface area contributed by atoms with Crippen molar-refractivity contribution in [3.05, 3.63) is 83.4 Å². The minimum absolute atomic E-state index is 0.153. The molecule has 5 heteroatoms. The maximum absolute atomic E-state index is 13.2. The average Bonchev–Trinajstić information content (AvgIpc) is 3.16. The van der Waals surface area contributed by atoms with Crippen molar-refractivity contribution < 1.29 is 9.50 Å². The van der Waals surface area contributed by atoms with Gasteiger partial charge in [-0.2, -0.15) is 5.10 Å². The summed E-state index contributed by atoms with van der Waals surface area (Å²) in [4.78, 5) is 2.27. The van der Waals surface area contributed by atoms with Gasteiger partial charge in [-0.15, -0.1) is 0 Å². The molecule has 0 aliphatic carbocycles. The van der Waals surface area contributed by atoms with Gasteiger partial charge in [0.1, 0.15) is 5.82 Å². The Morgan fingerprint density at radius 2 is 1.92 bits per heavy atom. The van der Waals surface area contributed by atoms with E-state index in [2.05, 4.69) is 35.1 Å². The van der Waals surface area contributed by atoms with E-state index < -0.39 is 0 Å². The van der Waals surface area contributed by atoms with Gasteiger partial charge in [0.15, 0.2) is 0 Å². The van der Waals surface area contributed by atoms with Crippen LogP contribution in [-0.4, -0.2) is 32.9 Å². The summed E-state index contributed by atoms with van der Waals surface area (Å²) in [6.07, 6.45) is 4.40. The zero-order chi connectivity index (χ0) is 18.4. The number of aliphatic hydroxyl groups excluding tert-OH is 1. The first-order chi connectivity index (χ1) is 12.7. The van der Waals surface area contributed by atoms with Crippen LogP contribution in [0.5, 0.6) is 0 Å². The summed E-state index contributed by atoms with van der Waals surface area (Å²) in [5.74, 6) is -0.227. The summed E-state index contributed by atoms with van der Waals surface area (Å²) < 4.78 is 15.0. The molecule has 0 radical (unpaired) electrons. The molecule has 2 aromatic carbocycles. The molecule has 0 amide bonds. The molecule has 0 saturated heterocycles. The highest BCUT2D eigenvalue weighted by molar-refractivity contribution is 5.42. The number of aliphatic hydroxyl groups is 1. The topological polar surface area (TPSA) is 41.3 Å². The van der Waals surface area contributed by atoms with Gasteiger partial charge in [0, 0.05) is 38.6 Å². The van der Waals surface area contributed by atoms with E-state index >= 15 is 0 Å². The molecule has 0 aliphatic rings. The maximum atomic E-state index is 13.2. The number of aromatic nitrogens is 2. The highest BCUT2D eigenvalue weighted by Crippen LogP contribution is 2.19. The molecular weight excluding hydrogens is 329 g/mol. The first kappa shape index (κ1) is 18.3. The highest BCUT2D eigenvalue weighted by atomic mass is 19.1. The number of halogens is 1. The lowest BCUT2D eigenvalue weighted by Crippen LogP contribution is -2.25. The molecule has 136 valence electrons. The summed E-state index contributed by atoms with van der Waals surface area (Å²) in [5.41, 5.74) is 4.47. The Bertz CT molecular complexity index is 816.